The molecule has 0 spiro atoms. The molecule has 0 aromatic heterocycles. The molecule has 0 N–H and O–H groups in total. The first-order valence-electron chi connectivity index (χ1n) is 21.6. The van der Waals surface area contributed by atoms with E-state index < -0.39 is 5.41 Å². The lowest BCUT2D eigenvalue weighted by atomic mass is 9.62. The molecular weight excluding hydrogens is 749 g/mol. The van der Waals surface area contributed by atoms with Gasteiger partial charge in [-0.1, -0.05) is 170 Å². The van der Waals surface area contributed by atoms with Crippen LogP contribution in [-0.4, -0.2) is 0 Å². The molecule has 1 unspecified atom stereocenters. The summed E-state index contributed by atoms with van der Waals surface area (Å²) >= 11 is 0. The van der Waals surface area contributed by atoms with Crippen molar-refractivity contribution in [1.82, 2.24) is 0 Å². The van der Waals surface area contributed by atoms with E-state index in [9.17, 15) is 0 Å². The summed E-state index contributed by atoms with van der Waals surface area (Å²) in [6.45, 7) is 6.58. The molecule has 2 aliphatic carbocycles. The minimum atomic E-state index is -0.716. The Balaban J connectivity index is 1.49. The van der Waals surface area contributed by atoms with E-state index in [4.69, 9.17) is 12.8 Å². The van der Waals surface area contributed by atoms with E-state index >= 15 is 0 Å². The number of rotatable bonds is 10. The van der Waals surface area contributed by atoms with Gasteiger partial charge in [-0.05, 0) is 126 Å². The van der Waals surface area contributed by atoms with Gasteiger partial charge in [-0.25, -0.2) is 0 Å². The van der Waals surface area contributed by atoms with Gasteiger partial charge in [-0.2, -0.15) is 0 Å². The minimum Gasteiger partial charge on any atom is -0.315 e. The third-order valence-electron chi connectivity index (χ3n) is 12.2. The van der Waals surface area contributed by atoms with Gasteiger partial charge in [-0.15, -0.1) is 12.8 Å². The summed E-state index contributed by atoms with van der Waals surface area (Å²) < 4.78 is 0. The van der Waals surface area contributed by atoms with Gasteiger partial charge in [0.15, 0.2) is 0 Å². The maximum Gasteiger partial charge on any atom is 0.0502 e. The molecule has 0 amide bonds. The molecular formula is C60H52N2. The molecule has 6 aromatic carbocycles. The van der Waals surface area contributed by atoms with E-state index in [1.807, 2.05) is 6.08 Å². The van der Waals surface area contributed by atoms with E-state index in [1.54, 1.807) is 6.08 Å². The summed E-state index contributed by atoms with van der Waals surface area (Å²) in [5.41, 5.74) is 12.3. The number of anilines is 2. The van der Waals surface area contributed by atoms with Crippen LogP contribution in [-0.2, 0) is 5.41 Å². The van der Waals surface area contributed by atoms with Crippen LogP contribution in [0.4, 0.5) is 11.4 Å². The van der Waals surface area contributed by atoms with E-state index in [2.05, 4.69) is 237 Å². The monoisotopic (exact) mass is 800 g/mol. The lowest BCUT2D eigenvalue weighted by molar-refractivity contribution is 0.615. The normalized spacial score (nSPS) is 17.6. The highest BCUT2D eigenvalue weighted by molar-refractivity contribution is 5.99. The zero-order chi connectivity index (χ0) is 42.9. The van der Waals surface area contributed by atoms with E-state index in [1.165, 1.54) is 22.1 Å². The number of nitrogens with zero attached hydrogens (tertiary/aromatic N) is 2. The van der Waals surface area contributed by atoms with Gasteiger partial charge in [-0.3, -0.25) is 0 Å². The van der Waals surface area contributed by atoms with Crippen LogP contribution in [0, 0.1) is 24.7 Å². The average molecular weight is 801 g/mol. The van der Waals surface area contributed by atoms with Crippen LogP contribution in [0.15, 0.2) is 223 Å². The topological polar surface area (TPSA) is 6.48 Å². The van der Waals surface area contributed by atoms with Crippen molar-refractivity contribution in [1.29, 1.82) is 0 Å². The molecule has 8 rings (SSSR count). The number of terminal acetylenes is 2. The average Bonchev–Trinajstić information content (AvgIpc) is 3.39. The third-order valence-corrected chi connectivity index (χ3v) is 12.2. The molecule has 0 fully saturated rings. The van der Waals surface area contributed by atoms with E-state index in [0.29, 0.717) is 6.42 Å². The predicted octanol–water partition coefficient (Wildman–Crippen LogP) is 14.8. The largest absolute Gasteiger partial charge is 0.315 e. The van der Waals surface area contributed by atoms with Gasteiger partial charge in [0, 0.05) is 45.6 Å². The van der Waals surface area contributed by atoms with Crippen molar-refractivity contribution < 1.29 is 0 Å². The van der Waals surface area contributed by atoms with Crippen LogP contribution in [0.3, 0.4) is 0 Å². The van der Waals surface area contributed by atoms with Crippen molar-refractivity contribution in [3.05, 3.63) is 256 Å². The first-order valence-corrected chi connectivity index (χ1v) is 21.6. The SMILES string of the molecule is C#C/C=C\C(=C/C)N(C1=C/CC(c2ccccc2)(c2ccccc2)c2c(C#C)c(/C=C(\C)N(C3=CCCC=C3)c3ccccc3)c3ccccc3c2C(C)/C=C\1)c1ccccc1. The lowest BCUT2D eigenvalue weighted by Crippen LogP contribution is -2.32. The third kappa shape index (κ3) is 7.92. The molecule has 302 valence electrons. The molecule has 0 bridgehead atoms. The summed E-state index contributed by atoms with van der Waals surface area (Å²) in [7, 11) is 0. The Hall–Kier alpha value is -7.52. The van der Waals surface area contributed by atoms with E-state index in [0.717, 1.165) is 69.1 Å². The molecule has 0 heterocycles. The second-order valence-corrected chi connectivity index (χ2v) is 15.8. The smallest absolute Gasteiger partial charge is 0.0502 e. The first kappa shape index (κ1) is 41.2. The summed E-state index contributed by atoms with van der Waals surface area (Å²) in [6.07, 6.45) is 37.5. The maximum absolute atomic E-state index is 6.99. The van der Waals surface area contributed by atoms with Gasteiger partial charge in [0.05, 0.1) is 5.41 Å². The van der Waals surface area contributed by atoms with Gasteiger partial charge < -0.3 is 9.80 Å². The Labute approximate surface area is 369 Å². The van der Waals surface area contributed by atoms with Gasteiger partial charge in [0.25, 0.3) is 0 Å². The van der Waals surface area contributed by atoms with Crippen LogP contribution in [0.1, 0.15) is 79.3 Å². The van der Waals surface area contributed by atoms with Crippen molar-refractivity contribution >= 4 is 28.2 Å². The second-order valence-electron chi connectivity index (χ2n) is 15.8. The number of fused-ring (bicyclic) bond motifs is 3. The quantitative estimate of drug-likeness (QED) is 0.101. The number of para-hydroxylation sites is 2. The van der Waals surface area contributed by atoms with Crippen molar-refractivity contribution in [3.8, 4) is 24.7 Å². The highest BCUT2D eigenvalue weighted by atomic mass is 15.2. The van der Waals surface area contributed by atoms with Gasteiger partial charge in [0.2, 0.25) is 0 Å². The molecule has 2 nitrogen and oxygen atoms in total. The molecule has 2 heteroatoms. The fraction of sp³-hybridized carbons (Fsp3) is 0.133. The highest BCUT2D eigenvalue weighted by Gasteiger charge is 2.42. The molecule has 0 saturated heterocycles. The Kier molecular flexibility index (Phi) is 12.5. The summed E-state index contributed by atoms with van der Waals surface area (Å²) in [4.78, 5) is 4.66. The Morgan fingerprint density at radius 1 is 0.677 bits per heavy atom. The lowest BCUT2D eigenvalue weighted by Gasteiger charge is -2.40. The van der Waals surface area contributed by atoms with Gasteiger partial charge >= 0.3 is 0 Å². The van der Waals surface area contributed by atoms with Crippen molar-refractivity contribution in [2.75, 3.05) is 9.80 Å². The zero-order valence-corrected chi connectivity index (χ0v) is 35.9. The second kappa shape index (κ2) is 18.8. The number of benzene rings is 6. The molecule has 0 radical (unpaired) electrons. The van der Waals surface area contributed by atoms with Crippen LogP contribution >= 0.6 is 0 Å². The summed E-state index contributed by atoms with van der Waals surface area (Å²) in [5, 5.41) is 2.32. The molecule has 1 atom stereocenters. The Bertz CT molecular complexity index is 2810. The van der Waals surface area contributed by atoms with Crippen LogP contribution in [0.5, 0.6) is 0 Å². The standard InChI is InChI=1S/C60H52N2/c1-6-9-31-49(7-2)62(52-36-23-14-24-37-52)53-41-40-45(4)58-56-39-26-25-38-55(56)57(44-46(5)61(50-32-19-12-20-33-50)51-34-21-13-22-35-51)54(8-3)59(58)60(43-42-53,47-27-15-10-16-28-47)48-29-17-11-18-30-48/h1,3,7,9-12,14-21,23-42,44-45H,13,22,43H2,2,4-5H3/b31-9-,41-40-,46-44+,49-7+,53-42+. The Morgan fingerprint density at radius 2 is 1.24 bits per heavy atom. The van der Waals surface area contributed by atoms with Crippen LogP contribution in [0.25, 0.3) is 16.8 Å². The van der Waals surface area contributed by atoms with Crippen molar-refractivity contribution in [2.24, 2.45) is 0 Å². The fourth-order valence-corrected chi connectivity index (χ4v) is 9.41. The van der Waals surface area contributed by atoms with Gasteiger partial charge in [0.1, 0.15) is 0 Å². The molecule has 6 aromatic rings. The number of hydrogen-bond donors (Lipinski definition) is 0. The van der Waals surface area contributed by atoms with Crippen molar-refractivity contribution in [3.63, 3.8) is 0 Å². The fourth-order valence-electron chi connectivity index (χ4n) is 9.41. The zero-order valence-electron chi connectivity index (χ0n) is 35.9. The summed E-state index contributed by atoms with van der Waals surface area (Å²) in [5.74, 6) is 6.06. The van der Waals surface area contributed by atoms with E-state index in [-0.39, 0.29) is 5.92 Å². The predicted molar refractivity (Wildman–Crippen MR) is 265 cm³/mol. The molecule has 0 saturated carbocycles. The number of hydrogen-bond acceptors (Lipinski definition) is 2. The highest BCUT2D eigenvalue weighted by Crippen LogP contribution is 2.51. The first-order chi connectivity index (χ1) is 30.5. The maximum atomic E-state index is 6.99. The molecule has 2 aliphatic rings. The van der Waals surface area contributed by atoms with Crippen molar-refractivity contribution in [2.45, 2.75) is 51.4 Å². The molecule has 0 aliphatic heterocycles. The number of allylic oxidation sites excluding steroid dienone is 10. The minimum absolute atomic E-state index is 0.0410. The van der Waals surface area contributed by atoms with Crippen LogP contribution in [0.2, 0.25) is 0 Å². The summed E-state index contributed by atoms with van der Waals surface area (Å²) in [6, 6.07) is 51.9. The van der Waals surface area contributed by atoms with Crippen LogP contribution < -0.4 is 9.80 Å². The Morgan fingerprint density at radius 3 is 1.81 bits per heavy atom. The molecule has 62 heavy (non-hydrogen) atoms.